The van der Waals surface area contributed by atoms with Gasteiger partial charge in [-0.3, -0.25) is 5.32 Å². The molecule has 0 fully saturated rings. The summed E-state index contributed by atoms with van der Waals surface area (Å²) in [5, 5.41) is 2.70. The molecule has 0 aliphatic rings. The van der Waals surface area contributed by atoms with E-state index in [9.17, 15) is 9.59 Å². The van der Waals surface area contributed by atoms with E-state index >= 15 is 0 Å². The third-order valence-corrected chi connectivity index (χ3v) is 2.61. The number of aryl methyl sites for hydroxylation is 1. The van der Waals surface area contributed by atoms with Crippen LogP contribution in [0.25, 0.3) is 0 Å². The minimum Gasteiger partial charge on any atom is -0.444 e. The van der Waals surface area contributed by atoms with Gasteiger partial charge < -0.3 is 4.74 Å². The Balaban J connectivity index is 2.83. The van der Waals surface area contributed by atoms with Crippen molar-refractivity contribution in [1.29, 1.82) is 0 Å². The number of isocyanates is 1. The van der Waals surface area contributed by atoms with E-state index in [1.807, 2.05) is 39.8 Å². The van der Waals surface area contributed by atoms with Crippen LogP contribution >= 0.6 is 0 Å². The van der Waals surface area contributed by atoms with Crippen molar-refractivity contribution in [2.45, 2.75) is 46.3 Å². The lowest BCUT2D eigenvalue weighted by Gasteiger charge is -2.20. The normalized spacial score (nSPS) is 12.2. The summed E-state index contributed by atoms with van der Waals surface area (Å²) in [5.41, 5.74) is 1.90. The first kappa shape index (κ1) is 15.9. The van der Waals surface area contributed by atoms with Gasteiger partial charge in [-0.15, -0.1) is 0 Å². The molecular weight excluding hydrogens is 256 g/mol. The molecule has 1 aromatic carbocycles. The lowest BCUT2D eigenvalue weighted by molar-refractivity contribution is 0.0636. The summed E-state index contributed by atoms with van der Waals surface area (Å²) < 4.78 is 5.19. The Hall–Kier alpha value is -2.13. The van der Waals surface area contributed by atoms with Gasteiger partial charge in [-0.25, -0.2) is 9.59 Å². The molecule has 1 aromatic rings. The summed E-state index contributed by atoms with van der Waals surface area (Å²) in [6, 6.07) is 5.20. The summed E-state index contributed by atoms with van der Waals surface area (Å²) in [7, 11) is 0. The standard InChI is InChI=1S/C15H20N2O3/c1-10-8-12(11(2)16-9-18)6-7-13(10)17-14(19)20-15(3,4)5/h6-8,11H,1-5H3,(H,17,19). The molecule has 0 radical (unpaired) electrons. The summed E-state index contributed by atoms with van der Waals surface area (Å²) in [4.78, 5) is 25.6. The molecule has 108 valence electrons. The number of nitrogens with zero attached hydrogens (tertiary/aromatic N) is 1. The first-order valence-electron chi connectivity index (χ1n) is 6.40. The zero-order valence-corrected chi connectivity index (χ0v) is 12.5. The van der Waals surface area contributed by atoms with Crippen LogP contribution in [0.5, 0.6) is 0 Å². The van der Waals surface area contributed by atoms with Crippen molar-refractivity contribution in [3.05, 3.63) is 29.3 Å². The Morgan fingerprint density at radius 2 is 2.05 bits per heavy atom. The molecule has 1 atom stereocenters. The summed E-state index contributed by atoms with van der Waals surface area (Å²) >= 11 is 0. The number of hydrogen-bond acceptors (Lipinski definition) is 4. The van der Waals surface area contributed by atoms with Gasteiger partial charge in [0.05, 0.1) is 6.04 Å². The summed E-state index contributed by atoms with van der Waals surface area (Å²) in [5.74, 6) is 0. The number of aliphatic imine (C=N–C) groups is 1. The van der Waals surface area contributed by atoms with Crippen LogP contribution in [0.3, 0.4) is 0 Å². The minimum atomic E-state index is -0.537. The number of carbonyl (C=O) groups is 1. The van der Waals surface area contributed by atoms with Crippen molar-refractivity contribution in [2.75, 3.05) is 5.32 Å². The molecule has 20 heavy (non-hydrogen) atoms. The number of anilines is 1. The molecule has 1 rings (SSSR count). The highest BCUT2D eigenvalue weighted by atomic mass is 16.6. The predicted octanol–water partition coefficient (Wildman–Crippen LogP) is 3.74. The molecule has 0 saturated carbocycles. The van der Waals surface area contributed by atoms with E-state index in [4.69, 9.17) is 4.74 Å². The highest BCUT2D eigenvalue weighted by Gasteiger charge is 2.17. The number of rotatable bonds is 3. The maximum atomic E-state index is 11.7. The predicted molar refractivity (Wildman–Crippen MR) is 77.6 cm³/mol. The molecule has 5 heteroatoms. The van der Waals surface area contributed by atoms with Gasteiger partial charge in [0.1, 0.15) is 5.60 Å². The van der Waals surface area contributed by atoms with Crippen LogP contribution in [0, 0.1) is 6.92 Å². The SMILES string of the molecule is Cc1cc(C(C)N=C=O)ccc1NC(=O)OC(C)(C)C. The second kappa shape index (κ2) is 6.35. The molecule has 1 amide bonds. The lowest BCUT2D eigenvalue weighted by Crippen LogP contribution is -2.27. The number of nitrogens with one attached hydrogen (secondary N) is 1. The highest BCUT2D eigenvalue weighted by Crippen LogP contribution is 2.23. The Kier molecular flexibility index (Phi) is 5.06. The van der Waals surface area contributed by atoms with Gasteiger partial charge in [0.25, 0.3) is 0 Å². The largest absolute Gasteiger partial charge is 0.444 e. The molecule has 0 aliphatic carbocycles. The van der Waals surface area contributed by atoms with E-state index in [1.54, 1.807) is 19.1 Å². The van der Waals surface area contributed by atoms with Crippen LogP contribution in [0.2, 0.25) is 0 Å². The van der Waals surface area contributed by atoms with E-state index in [0.717, 1.165) is 11.1 Å². The van der Waals surface area contributed by atoms with Gasteiger partial charge in [-0.2, -0.15) is 4.99 Å². The van der Waals surface area contributed by atoms with Gasteiger partial charge in [-0.05, 0) is 51.8 Å². The first-order chi connectivity index (χ1) is 9.23. The van der Waals surface area contributed by atoms with Gasteiger partial charge in [0, 0.05) is 5.69 Å². The zero-order chi connectivity index (χ0) is 15.3. The quantitative estimate of drug-likeness (QED) is 0.675. The fourth-order valence-electron chi connectivity index (χ4n) is 1.65. The van der Waals surface area contributed by atoms with Gasteiger partial charge in [-0.1, -0.05) is 12.1 Å². The van der Waals surface area contributed by atoms with Gasteiger partial charge >= 0.3 is 6.09 Å². The summed E-state index contributed by atoms with van der Waals surface area (Å²) in [6.45, 7) is 9.10. The number of ether oxygens (including phenoxy) is 1. The number of amides is 1. The van der Waals surface area contributed by atoms with Crippen molar-refractivity contribution >= 4 is 17.9 Å². The molecule has 0 aliphatic heterocycles. The topological polar surface area (TPSA) is 67.8 Å². The van der Waals surface area contributed by atoms with Gasteiger partial charge in [0.2, 0.25) is 6.08 Å². The van der Waals surface area contributed by atoms with Crippen LogP contribution in [-0.4, -0.2) is 17.8 Å². The fourth-order valence-corrected chi connectivity index (χ4v) is 1.65. The molecule has 0 saturated heterocycles. The molecule has 1 N–H and O–H groups in total. The average molecular weight is 276 g/mol. The zero-order valence-electron chi connectivity index (χ0n) is 12.5. The molecule has 0 aromatic heterocycles. The maximum absolute atomic E-state index is 11.7. The Morgan fingerprint density at radius 3 is 2.55 bits per heavy atom. The van der Waals surface area contributed by atoms with Gasteiger partial charge in [0.15, 0.2) is 0 Å². The minimum absolute atomic E-state index is 0.248. The van der Waals surface area contributed by atoms with E-state index in [-0.39, 0.29) is 6.04 Å². The van der Waals surface area contributed by atoms with E-state index in [2.05, 4.69) is 10.3 Å². The number of hydrogen-bond donors (Lipinski definition) is 1. The van der Waals surface area contributed by atoms with Crippen LogP contribution in [0.1, 0.15) is 44.9 Å². The van der Waals surface area contributed by atoms with Crippen LogP contribution < -0.4 is 5.32 Å². The summed E-state index contributed by atoms with van der Waals surface area (Å²) in [6.07, 6.45) is 1.05. The van der Waals surface area contributed by atoms with E-state index < -0.39 is 11.7 Å². The fraction of sp³-hybridized carbons (Fsp3) is 0.467. The molecule has 1 unspecified atom stereocenters. The maximum Gasteiger partial charge on any atom is 0.412 e. The molecule has 0 spiro atoms. The van der Waals surface area contributed by atoms with Crippen molar-refractivity contribution in [2.24, 2.45) is 4.99 Å². The second-order valence-corrected chi connectivity index (χ2v) is 5.60. The third-order valence-electron chi connectivity index (χ3n) is 2.61. The van der Waals surface area contributed by atoms with Crippen LogP contribution in [-0.2, 0) is 9.53 Å². The van der Waals surface area contributed by atoms with Crippen molar-refractivity contribution < 1.29 is 14.3 Å². The Morgan fingerprint density at radius 1 is 1.40 bits per heavy atom. The van der Waals surface area contributed by atoms with Crippen LogP contribution in [0.4, 0.5) is 10.5 Å². The molecule has 0 bridgehead atoms. The van der Waals surface area contributed by atoms with Crippen molar-refractivity contribution in [3.8, 4) is 0 Å². The first-order valence-corrected chi connectivity index (χ1v) is 6.40. The van der Waals surface area contributed by atoms with Crippen LogP contribution in [0.15, 0.2) is 23.2 Å². The van der Waals surface area contributed by atoms with Crippen molar-refractivity contribution in [3.63, 3.8) is 0 Å². The van der Waals surface area contributed by atoms with E-state index in [1.165, 1.54) is 0 Å². The number of carbonyl (C=O) groups excluding carboxylic acids is 2. The van der Waals surface area contributed by atoms with Crippen molar-refractivity contribution in [1.82, 2.24) is 0 Å². The second-order valence-electron chi connectivity index (χ2n) is 5.60. The monoisotopic (exact) mass is 276 g/mol. The lowest BCUT2D eigenvalue weighted by atomic mass is 10.0. The molecule has 5 nitrogen and oxygen atoms in total. The average Bonchev–Trinajstić information content (AvgIpc) is 2.29. The number of benzene rings is 1. The highest BCUT2D eigenvalue weighted by molar-refractivity contribution is 5.85. The smallest absolute Gasteiger partial charge is 0.412 e. The molecule has 0 heterocycles. The van der Waals surface area contributed by atoms with E-state index in [0.29, 0.717) is 5.69 Å². The Bertz CT molecular complexity index is 541. The Labute approximate surface area is 119 Å². The molecular formula is C15H20N2O3. The third kappa shape index (κ3) is 4.86.